The standard InChI is InChI=1S/C20H17N3O/c1-13-8-6-7-11-16(13)17-12-18(24)23-20(21-17)19(14(2)22-23)15-9-4-3-5-10-15/h3-12,22H,1-2H3. The smallest absolute Gasteiger partial charge is 0.273 e. The fourth-order valence-electron chi connectivity index (χ4n) is 3.10. The van der Waals surface area contributed by atoms with Crippen molar-refractivity contribution in [1.29, 1.82) is 0 Å². The third-order valence-electron chi connectivity index (χ3n) is 4.28. The number of rotatable bonds is 2. The summed E-state index contributed by atoms with van der Waals surface area (Å²) in [6.07, 6.45) is 0. The van der Waals surface area contributed by atoms with Gasteiger partial charge in [0.2, 0.25) is 0 Å². The Morgan fingerprint density at radius 1 is 0.958 bits per heavy atom. The molecule has 4 nitrogen and oxygen atoms in total. The maximum atomic E-state index is 12.6. The number of benzene rings is 2. The number of aromatic amines is 1. The summed E-state index contributed by atoms with van der Waals surface area (Å²) in [6.45, 7) is 3.99. The molecule has 2 aromatic heterocycles. The van der Waals surface area contributed by atoms with E-state index in [1.807, 2.05) is 68.4 Å². The van der Waals surface area contributed by atoms with Crippen molar-refractivity contribution in [2.45, 2.75) is 13.8 Å². The van der Waals surface area contributed by atoms with Gasteiger partial charge in [-0.15, -0.1) is 0 Å². The molecule has 4 heteroatoms. The average molecular weight is 315 g/mol. The zero-order valence-corrected chi connectivity index (χ0v) is 13.6. The van der Waals surface area contributed by atoms with Crippen LogP contribution in [-0.2, 0) is 0 Å². The van der Waals surface area contributed by atoms with E-state index in [-0.39, 0.29) is 5.56 Å². The lowest BCUT2D eigenvalue weighted by Gasteiger charge is -2.06. The zero-order chi connectivity index (χ0) is 16.7. The van der Waals surface area contributed by atoms with Gasteiger partial charge in [-0.1, -0.05) is 54.6 Å². The fourth-order valence-corrected chi connectivity index (χ4v) is 3.10. The lowest BCUT2D eigenvalue weighted by Crippen LogP contribution is -2.14. The molecule has 24 heavy (non-hydrogen) atoms. The Morgan fingerprint density at radius 2 is 1.67 bits per heavy atom. The van der Waals surface area contributed by atoms with Gasteiger partial charge in [-0.3, -0.25) is 9.89 Å². The van der Waals surface area contributed by atoms with Crippen LogP contribution >= 0.6 is 0 Å². The lowest BCUT2D eigenvalue weighted by molar-refractivity contribution is 0.882. The molecule has 0 bridgehead atoms. The first-order valence-electron chi connectivity index (χ1n) is 7.89. The van der Waals surface area contributed by atoms with Gasteiger partial charge in [-0.05, 0) is 25.0 Å². The Kier molecular flexibility index (Phi) is 3.31. The van der Waals surface area contributed by atoms with Crippen LogP contribution in [-0.4, -0.2) is 14.6 Å². The first-order chi connectivity index (χ1) is 11.6. The first kappa shape index (κ1) is 14.5. The Bertz CT molecular complexity index is 1090. The SMILES string of the molecule is Cc1ccccc1-c1cc(=O)n2[nH]c(C)c(-c3ccccc3)c2n1. The third-order valence-corrected chi connectivity index (χ3v) is 4.28. The second kappa shape index (κ2) is 5.49. The molecule has 118 valence electrons. The molecule has 0 saturated heterocycles. The van der Waals surface area contributed by atoms with Crippen LogP contribution in [0.5, 0.6) is 0 Å². The predicted molar refractivity (Wildman–Crippen MR) is 96.2 cm³/mol. The molecular weight excluding hydrogens is 298 g/mol. The Balaban J connectivity index is 2.05. The summed E-state index contributed by atoms with van der Waals surface area (Å²) in [4.78, 5) is 17.4. The van der Waals surface area contributed by atoms with E-state index in [1.54, 1.807) is 6.07 Å². The van der Waals surface area contributed by atoms with Crippen LogP contribution in [0.1, 0.15) is 11.3 Å². The number of nitrogens with one attached hydrogen (secondary N) is 1. The zero-order valence-electron chi connectivity index (χ0n) is 13.6. The van der Waals surface area contributed by atoms with Crippen LogP contribution in [0.4, 0.5) is 0 Å². The second-order valence-electron chi connectivity index (χ2n) is 5.93. The number of H-pyrrole nitrogens is 1. The molecule has 0 fully saturated rings. The van der Waals surface area contributed by atoms with Crippen molar-refractivity contribution >= 4 is 5.65 Å². The van der Waals surface area contributed by atoms with Crippen LogP contribution in [0, 0.1) is 13.8 Å². The fraction of sp³-hybridized carbons (Fsp3) is 0.100. The molecule has 0 amide bonds. The van der Waals surface area contributed by atoms with Crippen LogP contribution in [0.3, 0.4) is 0 Å². The van der Waals surface area contributed by atoms with Gasteiger partial charge in [-0.25, -0.2) is 9.50 Å². The van der Waals surface area contributed by atoms with Gasteiger partial charge in [0.15, 0.2) is 5.65 Å². The average Bonchev–Trinajstić information content (AvgIpc) is 2.93. The van der Waals surface area contributed by atoms with Gasteiger partial charge in [0, 0.05) is 22.9 Å². The molecule has 4 rings (SSSR count). The van der Waals surface area contributed by atoms with Gasteiger partial charge >= 0.3 is 0 Å². The van der Waals surface area contributed by atoms with Crippen LogP contribution < -0.4 is 5.56 Å². The minimum Gasteiger partial charge on any atom is -0.293 e. The molecule has 0 aliphatic carbocycles. The van der Waals surface area contributed by atoms with E-state index >= 15 is 0 Å². The number of nitrogens with zero attached hydrogens (tertiary/aromatic N) is 2. The molecular formula is C20H17N3O. The number of hydrogen-bond acceptors (Lipinski definition) is 2. The molecule has 0 spiro atoms. The van der Waals surface area contributed by atoms with Gasteiger partial charge in [-0.2, -0.15) is 0 Å². The molecule has 0 radical (unpaired) electrons. The molecule has 0 aliphatic rings. The highest BCUT2D eigenvalue weighted by Crippen LogP contribution is 2.28. The van der Waals surface area contributed by atoms with Crippen molar-refractivity contribution in [2.24, 2.45) is 0 Å². The molecule has 1 N–H and O–H groups in total. The Morgan fingerprint density at radius 3 is 2.42 bits per heavy atom. The van der Waals surface area contributed by atoms with Gasteiger partial charge in [0.05, 0.1) is 5.69 Å². The van der Waals surface area contributed by atoms with Crippen molar-refractivity contribution in [3.05, 3.63) is 82.3 Å². The van der Waals surface area contributed by atoms with Crippen molar-refractivity contribution < 1.29 is 0 Å². The van der Waals surface area contributed by atoms with Gasteiger partial charge < -0.3 is 0 Å². The largest absolute Gasteiger partial charge is 0.293 e. The monoisotopic (exact) mass is 315 g/mol. The molecule has 4 aromatic rings. The minimum atomic E-state index is -0.108. The van der Waals surface area contributed by atoms with Crippen molar-refractivity contribution in [3.63, 3.8) is 0 Å². The number of aryl methyl sites for hydroxylation is 2. The summed E-state index contributed by atoms with van der Waals surface area (Å²) in [5, 5.41) is 3.13. The van der Waals surface area contributed by atoms with Crippen molar-refractivity contribution in [1.82, 2.24) is 14.6 Å². The van der Waals surface area contributed by atoms with Crippen molar-refractivity contribution in [3.8, 4) is 22.4 Å². The summed E-state index contributed by atoms with van der Waals surface area (Å²) < 4.78 is 1.51. The molecule has 0 atom stereocenters. The quantitative estimate of drug-likeness (QED) is 0.608. The summed E-state index contributed by atoms with van der Waals surface area (Å²) in [5.41, 5.74) is 6.26. The van der Waals surface area contributed by atoms with E-state index in [0.29, 0.717) is 11.3 Å². The van der Waals surface area contributed by atoms with Gasteiger partial charge in [0.25, 0.3) is 5.56 Å². The normalized spacial score (nSPS) is 11.1. The number of fused-ring (bicyclic) bond motifs is 1. The van der Waals surface area contributed by atoms with E-state index in [1.165, 1.54) is 4.52 Å². The van der Waals surface area contributed by atoms with E-state index in [0.717, 1.165) is 27.9 Å². The number of aromatic nitrogens is 3. The van der Waals surface area contributed by atoms with Crippen LogP contribution in [0.15, 0.2) is 65.5 Å². The molecule has 0 saturated carbocycles. The maximum absolute atomic E-state index is 12.6. The Hall–Kier alpha value is -3.14. The highest BCUT2D eigenvalue weighted by molar-refractivity contribution is 5.81. The summed E-state index contributed by atoms with van der Waals surface area (Å²) >= 11 is 0. The number of hydrogen-bond donors (Lipinski definition) is 1. The van der Waals surface area contributed by atoms with Gasteiger partial charge in [0.1, 0.15) is 0 Å². The van der Waals surface area contributed by atoms with E-state index < -0.39 is 0 Å². The topological polar surface area (TPSA) is 50.2 Å². The molecule has 2 aromatic carbocycles. The van der Waals surface area contributed by atoms with E-state index in [2.05, 4.69) is 5.10 Å². The molecule has 2 heterocycles. The van der Waals surface area contributed by atoms with E-state index in [4.69, 9.17) is 4.98 Å². The maximum Gasteiger partial charge on any atom is 0.273 e. The Labute approximate surface area is 139 Å². The van der Waals surface area contributed by atoms with Crippen LogP contribution in [0.25, 0.3) is 28.0 Å². The lowest BCUT2D eigenvalue weighted by atomic mass is 10.0. The first-order valence-corrected chi connectivity index (χ1v) is 7.89. The molecule has 0 aliphatic heterocycles. The second-order valence-corrected chi connectivity index (χ2v) is 5.93. The third kappa shape index (κ3) is 2.24. The minimum absolute atomic E-state index is 0.108. The summed E-state index contributed by atoms with van der Waals surface area (Å²) in [6, 6.07) is 19.6. The molecule has 0 unspecified atom stereocenters. The van der Waals surface area contributed by atoms with Crippen molar-refractivity contribution in [2.75, 3.05) is 0 Å². The highest BCUT2D eigenvalue weighted by atomic mass is 16.1. The summed E-state index contributed by atoms with van der Waals surface area (Å²) in [7, 11) is 0. The van der Waals surface area contributed by atoms with Crippen LogP contribution in [0.2, 0.25) is 0 Å². The van der Waals surface area contributed by atoms with E-state index in [9.17, 15) is 4.79 Å². The highest BCUT2D eigenvalue weighted by Gasteiger charge is 2.15. The predicted octanol–water partition coefficient (Wildman–Crippen LogP) is 3.97. The summed E-state index contributed by atoms with van der Waals surface area (Å²) in [5.74, 6) is 0.